The van der Waals surface area contributed by atoms with Gasteiger partial charge >= 0.3 is 5.97 Å². The summed E-state index contributed by atoms with van der Waals surface area (Å²) < 4.78 is 28.5. The number of non-ortho nitro benzene ring substituents is 1. The lowest BCUT2D eigenvalue weighted by Crippen LogP contribution is -2.62. The Bertz CT molecular complexity index is 1250. The predicted octanol–water partition coefficient (Wildman–Crippen LogP) is -1.19. The molecule has 1 fully saturated rings. The molecule has 1 amide bonds. The number of hydrogen-bond acceptors (Lipinski definition) is 16. The van der Waals surface area contributed by atoms with E-state index >= 15 is 0 Å². The van der Waals surface area contributed by atoms with Crippen LogP contribution in [0.1, 0.15) is 32.1 Å². The Morgan fingerprint density at radius 2 is 1.89 bits per heavy atom. The van der Waals surface area contributed by atoms with Gasteiger partial charge in [-0.2, -0.15) is 0 Å². The minimum Gasteiger partial charge on any atom is -0.462 e. The lowest BCUT2D eigenvalue weighted by atomic mass is 9.93. The van der Waals surface area contributed by atoms with Gasteiger partial charge < -0.3 is 59.6 Å². The summed E-state index contributed by atoms with van der Waals surface area (Å²) in [6.45, 7) is -0.961. The molecule has 1 spiro atoms. The van der Waals surface area contributed by atoms with Gasteiger partial charge in [0.15, 0.2) is 6.29 Å². The molecule has 18 heteroatoms. The highest BCUT2D eigenvalue weighted by molar-refractivity contribution is 8.03. The highest BCUT2D eigenvalue weighted by Crippen LogP contribution is 2.47. The second-order valence-corrected chi connectivity index (χ2v) is 11.9. The van der Waals surface area contributed by atoms with Gasteiger partial charge in [-0.1, -0.05) is 0 Å². The lowest BCUT2D eigenvalue weighted by molar-refractivity contribution is -0.384. The summed E-state index contributed by atoms with van der Waals surface area (Å²) in [6, 6.07) is 5.06. The third kappa shape index (κ3) is 8.91. The molecule has 0 aliphatic carbocycles. The van der Waals surface area contributed by atoms with E-state index in [1.54, 1.807) is 0 Å². The summed E-state index contributed by atoms with van der Waals surface area (Å²) >= 11 is 1.15. The number of aliphatic hydroxyl groups is 6. The molecular weight excluding hydrogens is 636 g/mol. The molecule has 0 bridgehead atoms. The average molecular weight is 675 g/mol. The zero-order chi connectivity index (χ0) is 33.4. The van der Waals surface area contributed by atoms with Crippen molar-refractivity contribution in [1.29, 1.82) is 0 Å². The van der Waals surface area contributed by atoms with Crippen molar-refractivity contribution in [3.63, 3.8) is 0 Å². The highest BCUT2D eigenvalue weighted by Gasteiger charge is 2.55. The molecule has 4 rings (SSSR count). The van der Waals surface area contributed by atoms with E-state index in [0.717, 1.165) is 11.8 Å². The van der Waals surface area contributed by atoms with E-state index in [1.807, 2.05) is 0 Å². The number of carbonyl (C=O) groups is 2. The summed E-state index contributed by atoms with van der Waals surface area (Å²) in [4.78, 5) is 34.7. The summed E-state index contributed by atoms with van der Waals surface area (Å²) in [5.74, 6) is -2.22. The number of esters is 1. The first-order valence-corrected chi connectivity index (χ1v) is 15.6. The van der Waals surface area contributed by atoms with Crippen LogP contribution in [-0.4, -0.2) is 128 Å². The van der Waals surface area contributed by atoms with E-state index < -0.39 is 72.8 Å². The van der Waals surface area contributed by atoms with Crippen LogP contribution in [0.25, 0.3) is 0 Å². The molecule has 1 saturated heterocycles. The Morgan fingerprint density at radius 1 is 1.15 bits per heavy atom. The molecule has 17 nitrogen and oxygen atoms in total. The quantitative estimate of drug-likeness (QED) is 0.0402. The van der Waals surface area contributed by atoms with Crippen molar-refractivity contribution < 1.29 is 68.8 Å². The van der Waals surface area contributed by atoms with Gasteiger partial charge in [0.1, 0.15) is 42.0 Å². The van der Waals surface area contributed by atoms with Crippen molar-refractivity contribution in [2.75, 3.05) is 32.1 Å². The van der Waals surface area contributed by atoms with E-state index in [0.29, 0.717) is 11.3 Å². The Balaban J connectivity index is 1.21. The molecule has 0 radical (unpaired) electrons. The van der Waals surface area contributed by atoms with Crippen LogP contribution in [0.2, 0.25) is 0 Å². The number of ether oxygens (including phenoxy) is 5. The molecular formula is C28H38N2O15S. The van der Waals surface area contributed by atoms with Gasteiger partial charge in [0, 0.05) is 37.9 Å². The first-order valence-electron chi connectivity index (χ1n) is 14.6. The van der Waals surface area contributed by atoms with Gasteiger partial charge in [-0.3, -0.25) is 19.7 Å². The highest BCUT2D eigenvalue weighted by atomic mass is 32.2. The number of aliphatic hydroxyl groups excluding tert-OH is 6. The number of nitro benzene ring substituents is 1. The molecule has 1 aromatic rings. The Labute approximate surface area is 267 Å². The van der Waals surface area contributed by atoms with Gasteiger partial charge in [0.25, 0.3) is 5.69 Å². The maximum Gasteiger partial charge on any atom is 0.311 e. The Hall–Kier alpha value is -2.91. The molecule has 0 saturated carbocycles. The van der Waals surface area contributed by atoms with Gasteiger partial charge in [0.05, 0.1) is 41.5 Å². The topological polar surface area (TPSA) is 257 Å². The van der Waals surface area contributed by atoms with Crippen LogP contribution < -0.4 is 10.1 Å². The number of benzene rings is 1. The van der Waals surface area contributed by atoms with Crippen molar-refractivity contribution in [1.82, 2.24) is 5.32 Å². The van der Waals surface area contributed by atoms with E-state index in [-0.39, 0.29) is 67.7 Å². The maximum absolute atomic E-state index is 12.2. The predicted molar refractivity (Wildman–Crippen MR) is 156 cm³/mol. The Kier molecular flexibility index (Phi) is 12.7. The minimum absolute atomic E-state index is 0.00668. The number of nitrogens with zero attached hydrogens (tertiary/aromatic N) is 1. The fourth-order valence-electron chi connectivity index (χ4n) is 5.03. The molecule has 3 aliphatic heterocycles. The average Bonchev–Trinajstić information content (AvgIpc) is 3.03. The van der Waals surface area contributed by atoms with Crippen molar-refractivity contribution in [2.45, 2.75) is 80.8 Å². The van der Waals surface area contributed by atoms with Crippen LogP contribution in [0.4, 0.5) is 5.69 Å². The standard InChI is InChI=1S/C28H38N2O15S/c31-12-18(34)24-22(37)17(33)11-28(44-24)14-46-26-25(45-28)23(38)19(13-32)43-27(26)41-10-2-9-29-20(35)3-1-4-21(36)42-16-7-5-15(6-8-16)30(39)40/h5-8,17-19,22-24,27,31-34,37-38H,1-4,9-14H2,(H,29,35)/t17?,18-,19?,22?,23?,24+,27?,28+/m1/s1. The number of nitro groups is 1. The molecule has 256 valence electrons. The second-order valence-electron chi connectivity index (χ2n) is 10.9. The summed E-state index contributed by atoms with van der Waals surface area (Å²) in [5, 5.41) is 74.2. The van der Waals surface area contributed by atoms with Crippen molar-refractivity contribution in [3.05, 3.63) is 45.0 Å². The molecule has 3 aliphatic rings. The zero-order valence-electron chi connectivity index (χ0n) is 24.6. The molecule has 0 aromatic heterocycles. The summed E-state index contributed by atoms with van der Waals surface area (Å²) in [6.07, 6.45) is -8.84. The van der Waals surface area contributed by atoms with E-state index in [4.69, 9.17) is 23.7 Å². The minimum atomic E-state index is -1.56. The monoisotopic (exact) mass is 674 g/mol. The van der Waals surface area contributed by atoms with Crippen molar-refractivity contribution >= 4 is 29.3 Å². The number of hydrogen-bond donors (Lipinski definition) is 7. The first-order chi connectivity index (χ1) is 22.0. The van der Waals surface area contributed by atoms with Gasteiger partial charge in [-0.25, -0.2) is 0 Å². The fourth-order valence-corrected chi connectivity index (χ4v) is 6.22. The first kappa shape index (κ1) is 35.9. The van der Waals surface area contributed by atoms with Crippen LogP contribution in [-0.2, 0) is 28.5 Å². The smallest absolute Gasteiger partial charge is 0.311 e. The van der Waals surface area contributed by atoms with E-state index in [2.05, 4.69) is 5.32 Å². The number of rotatable bonds is 14. The summed E-state index contributed by atoms with van der Waals surface area (Å²) in [7, 11) is 0. The zero-order valence-corrected chi connectivity index (χ0v) is 25.5. The van der Waals surface area contributed by atoms with Gasteiger partial charge in [-0.15, -0.1) is 11.8 Å². The number of carbonyl (C=O) groups excluding carboxylic acids is 2. The number of nitrogens with one attached hydrogen (secondary N) is 1. The molecule has 3 heterocycles. The number of amides is 1. The third-order valence-electron chi connectivity index (χ3n) is 7.44. The van der Waals surface area contributed by atoms with Crippen LogP contribution in [0.15, 0.2) is 34.9 Å². The Morgan fingerprint density at radius 3 is 2.57 bits per heavy atom. The SMILES string of the molecule is O=C(CCCC(=O)Oc1ccc([N+](=O)[O-])cc1)NCCCOC1OC(CO)C(O)C2=C1SC[C@]1(CC(O)C(O)[C@H]([C@H](O)CO)O1)O2. The van der Waals surface area contributed by atoms with Crippen LogP contribution in [0.5, 0.6) is 5.75 Å². The third-order valence-corrected chi connectivity index (χ3v) is 8.73. The molecule has 1 aromatic carbocycles. The molecule has 7 N–H and O–H groups in total. The molecule has 46 heavy (non-hydrogen) atoms. The van der Waals surface area contributed by atoms with Crippen molar-refractivity contribution in [3.8, 4) is 5.75 Å². The summed E-state index contributed by atoms with van der Waals surface area (Å²) in [5.41, 5.74) is -0.132. The molecule has 5 unspecified atom stereocenters. The van der Waals surface area contributed by atoms with E-state index in [9.17, 15) is 50.3 Å². The van der Waals surface area contributed by atoms with Crippen LogP contribution in [0, 0.1) is 10.1 Å². The normalized spacial score (nSPS) is 29.9. The second kappa shape index (κ2) is 16.3. The lowest BCUT2D eigenvalue weighted by Gasteiger charge is -2.50. The number of thioether (sulfide) groups is 1. The van der Waals surface area contributed by atoms with Gasteiger partial charge in [-0.05, 0) is 25.0 Å². The van der Waals surface area contributed by atoms with Crippen LogP contribution >= 0.6 is 11.8 Å². The fraction of sp³-hybridized carbons (Fsp3) is 0.643. The van der Waals surface area contributed by atoms with Crippen molar-refractivity contribution in [2.24, 2.45) is 0 Å². The maximum atomic E-state index is 12.2. The van der Waals surface area contributed by atoms with Crippen LogP contribution in [0.3, 0.4) is 0 Å². The largest absolute Gasteiger partial charge is 0.462 e. The molecule has 8 atom stereocenters. The van der Waals surface area contributed by atoms with E-state index in [1.165, 1.54) is 24.3 Å². The van der Waals surface area contributed by atoms with Gasteiger partial charge in [0.2, 0.25) is 11.7 Å².